The van der Waals surface area contributed by atoms with Gasteiger partial charge in [-0.2, -0.15) is 0 Å². The lowest BCUT2D eigenvalue weighted by atomic mass is 9.89. The number of carbonyl (C=O) groups excluding carboxylic acids is 7. The second-order valence-corrected chi connectivity index (χ2v) is 19.8. The molecule has 0 spiro atoms. The van der Waals surface area contributed by atoms with E-state index in [1.807, 2.05) is 90.9 Å². The minimum absolute atomic E-state index is 0.00790. The molecule has 1 saturated heterocycles. The van der Waals surface area contributed by atoms with Crippen LogP contribution in [-0.2, 0) is 59.0 Å². The van der Waals surface area contributed by atoms with Crippen molar-refractivity contribution in [2.24, 2.45) is 29.4 Å². The van der Waals surface area contributed by atoms with E-state index in [1.54, 1.807) is 23.8 Å². The van der Waals surface area contributed by atoms with Crippen LogP contribution >= 0.6 is 0 Å². The highest BCUT2D eigenvalue weighted by atomic mass is 16.5. The molecule has 402 valence electrons. The van der Waals surface area contributed by atoms with E-state index in [4.69, 9.17) is 25.1 Å². The zero-order chi connectivity index (χ0) is 53.7. The standard InChI is InChI=1S/C51H86N8O12/c1-14-32(6)44(58(11)49(65)42(30(2)3)56-48(64)43(31(4)5)57(9)10)39(69-12)29-41(61)59-26-18-22-38(59)45(70-13)33(7)46(62)55-37(28-35-20-16-15-17-21-35)47(63)53-25-19-27-71-51(68)34(8)54-40(60)24-23-36(52)50(66)67/h15-17,20-21,30-34,36-39,42-45H,14,18-19,22-29,52H2,1-13H3,(H,53,63)(H,54,60)(H,55,62)(H,56,64)(H,66,67)/t32-,33+,34-,36?,37-,38-,39+,42-,43-,44-,45+/m0/s1. The van der Waals surface area contributed by atoms with Gasteiger partial charge in [0, 0.05) is 47.2 Å². The summed E-state index contributed by atoms with van der Waals surface area (Å²) in [7, 11) is 8.39. The lowest BCUT2D eigenvalue weighted by Gasteiger charge is -2.41. The number of amides is 6. The Bertz CT molecular complexity index is 1880. The molecule has 1 aliphatic heterocycles. The second kappa shape index (κ2) is 30.6. The van der Waals surface area contributed by atoms with Crippen molar-refractivity contribution in [1.82, 2.24) is 36.0 Å². The molecule has 11 atom stereocenters. The molecule has 1 aliphatic rings. The van der Waals surface area contributed by atoms with Gasteiger partial charge in [0.2, 0.25) is 35.4 Å². The van der Waals surface area contributed by atoms with Gasteiger partial charge in [0.05, 0.1) is 49.3 Å². The number of rotatable bonds is 31. The van der Waals surface area contributed by atoms with Crippen LogP contribution in [0, 0.1) is 23.7 Å². The molecule has 71 heavy (non-hydrogen) atoms. The van der Waals surface area contributed by atoms with Crippen LogP contribution in [0.2, 0.25) is 0 Å². The van der Waals surface area contributed by atoms with Gasteiger partial charge in [0.1, 0.15) is 24.2 Å². The number of carboxylic acids is 1. The van der Waals surface area contributed by atoms with Crippen molar-refractivity contribution in [3.05, 3.63) is 35.9 Å². The molecule has 0 aliphatic carbocycles. The van der Waals surface area contributed by atoms with Gasteiger partial charge in [-0.05, 0) is 70.0 Å². The predicted molar refractivity (Wildman–Crippen MR) is 268 cm³/mol. The van der Waals surface area contributed by atoms with E-state index in [0.717, 1.165) is 5.56 Å². The molecule has 20 heteroatoms. The van der Waals surface area contributed by atoms with Gasteiger partial charge < -0.3 is 56.1 Å². The molecule has 0 bridgehead atoms. The number of esters is 1. The zero-order valence-electron chi connectivity index (χ0n) is 44.5. The number of methoxy groups -OCH3 is 2. The van der Waals surface area contributed by atoms with Crippen LogP contribution in [0.25, 0.3) is 0 Å². The fraction of sp³-hybridized carbons (Fsp3) is 0.725. The van der Waals surface area contributed by atoms with Crippen molar-refractivity contribution in [2.75, 3.05) is 55.1 Å². The molecular weight excluding hydrogens is 917 g/mol. The normalized spacial score (nSPS) is 18.0. The third kappa shape index (κ3) is 19.1. The molecule has 1 aromatic carbocycles. The number of hydrogen-bond acceptors (Lipinski definition) is 13. The number of carboxylic acid groups (broad SMARTS) is 1. The molecule has 1 heterocycles. The monoisotopic (exact) mass is 1000 g/mol. The van der Waals surface area contributed by atoms with Crippen LogP contribution in [-0.4, -0.2) is 177 Å². The topological polar surface area (TPSA) is 268 Å². The summed E-state index contributed by atoms with van der Waals surface area (Å²) in [5.74, 6) is -5.24. The highest BCUT2D eigenvalue weighted by Crippen LogP contribution is 2.30. The van der Waals surface area contributed by atoms with Gasteiger partial charge in [0.15, 0.2) is 0 Å². The van der Waals surface area contributed by atoms with Crippen molar-refractivity contribution < 1.29 is 57.7 Å². The third-order valence-corrected chi connectivity index (χ3v) is 13.5. The van der Waals surface area contributed by atoms with Crippen molar-refractivity contribution in [3.8, 4) is 0 Å². The maximum atomic E-state index is 14.4. The minimum atomic E-state index is -1.23. The van der Waals surface area contributed by atoms with E-state index in [1.165, 1.54) is 21.1 Å². The summed E-state index contributed by atoms with van der Waals surface area (Å²) in [6.07, 6.45) is 0.555. The molecular formula is C51H86N8O12. The van der Waals surface area contributed by atoms with Crippen LogP contribution in [0.1, 0.15) is 106 Å². The Morgan fingerprint density at radius 2 is 1.51 bits per heavy atom. The van der Waals surface area contributed by atoms with Crippen molar-refractivity contribution in [1.29, 1.82) is 0 Å². The van der Waals surface area contributed by atoms with Crippen LogP contribution in [0.3, 0.4) is 0 Å². The van der Waals surface area contributed by atoms with Crippen LogP contribution in [0.5, 0.6) is 0 Å². The van der Waals surface area contributed by atoms with Gasteiger partial charge in [-0.25, -0.2) is 4.79 Å². The molecule has 1 fully saturated rings. The fourth-order valence-corrected chi connectivity index (χ4v) is 9.26. The molecule has 6 amide bonds. The number of likely N-dealkylation sites (N-methyl/N-ethyl adjacent to an activating group) is 2. The molecule has 0 radical (unpaired) electrons. The predicted octanol–water partition coefficient (Wildman–Crippen LogP) is 2.11. The highest BCUT2D eigenvalue weighted by Gasteiger charge is 2.43. The first-order chi connectivity index (χ1) is 33.4. The van der Waals surface area contributed by atoms with E-state index in [9.17, 15) is 38.4 Å². The molecule has 2 rings (SSSR count). The van der Waals surface area contributed by atoms with Crippen molar-refractivity contribution >= 4 is 47.4 Å². The number of nitrogens with one attached hydrogen (secondary N) is 4. The van der Waals surface area contributed by atoms with Crippen molar-refractivity contribution in [2.45, 2.75) is 161 Å². The quantitative estimate of drug-likeness (QED) is 0.0460. The van der Waals surface area contributed by atoms with E-state index >= 15 is 0 Å². The average molecular weight is 1000 g/mol. The van der Waals surface area contributed by atoms with E-state index in [-0.39, 0.29) is 80.7 Å². The summed E-state index contributed by atoms with van der Waals surface area (Å²) in [6.45, 7) is 15.3. The first kappa shape index (κ1) is 61.9. The Balaban J connectivity index is 2.18. The maximum absolute atomic E-state index is 14.4. The van der Waals surface area contributed by atoms with Crippen LogP contribution < -0.4 is 27.0 Å². The molecule has 1 unspecified atom stereocenters. The van der Waals surface area contributed by atoms with Gasteiger partial charge >= 0.3 is 11.9 Å². The van der Waals surface area contributed by atoms with Gasteiger partial charge in [0.25, 0.3) is 0 Å². The Morgan fingerprint density at radius 3 is 2.06 bits per heavy atom. The molecule has 20 nitrogen and oxygen atoms in total. The summed E-state index contributed by atoms with van der Waals surface area (Å²) in [6, 6.07) is 3.75. The number of aliphatic carboxylic acids is 1. The molecule has 0 aromatic heterocycles. The molecule has 7 N–H and O–H groups in total. The lowest BCUT2D eigenvalue weighted by molar-refractivity contribution is -0.148. The summed E-state index contributed by atoms with van der Waals surface area (Å²) in [4.78, 5) is 111. The SMILES string of the molecule is CC[C@H](C)[C@@H]([C@@H](CC(=O)N1CCC[C@H]1[C@H](OC)[C@@H](C)C(=O)N[C@@H](Cc1ccccc1)C(=O)NCCCOC(=O)[C@H](C)NC(=O)CCC(N)C(=O)O)OC)N(C)C(=O)[C@@H](NC(=O)[C@H](C(C)C)N(C)C)C(C)C. The maximum Gasteiger partial charge on any atom is 0.328 e. The summed E-state index contributed by atoms with van der Waals surface area (Å²) in [5.41, 5.74) is 6.24. The number of hydrogen-bond donors (Lipinski definition) is 6. The Hall–Kier alpha value is -5.18. The highest BCUT2D eigenvalue weighted by molar-refractivity contribution is 5.91. The molecule has 1 aromatic rings. The van der Waals surface area contributed by atoms with Crippen molar-refractivity contribution in [3.63, 3.8) is 0 Å². The van der Waals surface area contributed by atoms with Crippen LogP contribution in [0.4, 0.5) is 0 Å². The summed E-state index contributed by atoms with van der Waals surface area (Å²) >= 11 is 0. The van der Waals surface area contributed by atoms with Gasteiger partial charge in [-0.3, -0.25) is 38.5 Å². The number of nitrogens with two attached hydrogens (primary N) is 1. The van der Waals surface area contributed by atoms with E-state index < -0.39 is 90.1 Å². The minimum Gasteiger partial charge on any atom is -0.480 e. The number of benzene rings is 1. The second-order valence-electron chi connectivity index (χ2n) is 19.8. The first-order valence-electron chi connectivity index (χ1n) is 25.1. The smallest absolute Gasteiger partial charge is 0.328 e. The largest absolute Gasteiger partial charge is 0.480 e. The third-order valence-electron chi connectivity index (χ3n) is 13.5. The summed E-state index contributed by atoms with van der Waals surface area (Å²) in [5, 5.41) is 20.1. The number of ether oxygens (including phenoxy) is 3. The zero-order valence-corrected chi connectivity index (χ0v) is 44.5. The van der Waals surface area contributed by atoms with Crippen LogP contribution in [0.15, 0.2) is 30.3 Å². The lowest BCUT2D eigenvalue weighted by Crippen LogP contribution is -2.59. The number of carbonyl (C=O) groups is 8. The fourth-order valence-electron chi connectivity index (χ4n) is 9.26. The van der Waals surface area contributed by atoms with E-state index in [0.29, 0.717) is 25.8 Å². The van der Waals surface area contributed by atoms with Gasteiger partial charge in [-0.1, -0.05) is 85.2 Å². The summed E-state index contributed by atoms with van der Waals surface area (Å²) < 4.78 is 17.3. The average Bonchev–Trinajstić information content (AvgIpc) is 3.81. The number of likely N-dealkylation sites (tertiary alicyclic amines) is 1. The number of nitrogens with zero attached hydrogens (tertiary/aromatic N) is 3. The molecule has 0 saturated carbocycles. The Morgan fingerprint density at radius 1 is 0.859 bits per heavy atom. The first-order valence-corrected chi connectivity index (χ1v) is 25.1. The van der Waals surface area contributed by atoms with Gasteiger partial charge in [-0.15, -0.1) is 0 Å². The Kier molecular flexibility index (Phi) is 26.7. The Labute approximate surface area is 421 Å². The van der Waals surface area contributed by atoms with E-state index in [2.05, 4.69) is 21.3 Å².